The van der Waals surface area contributed by atoms with Crippen molar-refractivity contribution in [2.45, 2.75) is 9.79 Å². The van der Waals surface area contributed by atoms with Crippen LogP contribution in [0, 0.1) is 0 Å². The van der Waals surface area contributed by atoms with Crippen LogP contribution in [-0.4, -0.2) is 60.9 Å². The minimum Gasteiger partial charge on any atom is -0.744 e. The van der Waals surface area contributed by atoms with E-state index in [1.165, 1.54) is 36.4 Å². The number of hydrazone groups is 2. The summed E-state index contributed by atoms with van der Waals surface area (Å²) < 4.78 is 72.1. The number of aliphatic carboxylic acids is 2. The van der Waals surface area contributed by atoms with E-state index < -0.39 is 64.7 Å². The van der Waals surface area contributed by atoms with Gasteiger partial charge in [0.25, 0.3) is 0 Å². The van der Waals surface area contributed by atoms with Crippen LogP contribution in [-0.2, 0) is 39.4 Å². The molecule has 4 rings (SSSR count). The molecular weight excluding hydrogens is 740 g/mol. The Morgan fingerprint density at radius 1 is 0.600 bits per heavy atom. The average Bonchev–Trinajstić information content (AvgIpc) is 2.98. The van der Waals surface area contributed by atoms with Crippen LogP contribution in [0.3, 0.4) is 0 Å². The number of benzene rings is 2. The Labute approximate surface area is 373 Å². The minimum atomic E-state index is -5.13. The van der Waals surface area contributed by atoms with Crippen LogP contribution in [0.15, 0.2) is 104 Å². The minimum absolute atomic E-state index is 0. The fourth-order valence-electron chi connectivity index (χ4n) is 3.85. The summed E-state index contributed by atoms with van der Waals surface area (Å²) in [6.07, 6.45) is 8.20. The molecule has 0 aromatic heterocycles. The molecule has 50 heavy (non-hydrogen) atoms. The number of anilines is 2. The Morgan fingerprint density at radius 2 is 0.940 bits per heavy atom. The molecule has 0 heterocycles. The largest absolute Gasteiger partial charge is 1.00 e. The van der Waals surface area contributed by atoms with E-state index >= 15 is 0 Å². The second-order valence-electron chi connectivity index (χ2n) is 9.13. The van der Waals surface area contributed by atoms with Crippen LogP contribution in [0.2, 0.25) is 0 Å². The molecule has 16 nitrogen and oxygen atoms in total. The summed E-state index contributed by atoms with van der Waals surface area (Å²) in [5.41, 5.74) is 2.99. The van der Waals surface area contributed by atoms with Crippen molar-refractivity contribution in [3.8, 4) is 0 Å². The molecule has 22 heteroatoms. The third-order valence-corrected chi connectivity index (χ3v) is 7.79. The topological polar surface area (TPSA) is 278 Å². The predicted molar refractivity (Wildman–Crippen MR) is 154 cm³/mol. The fraction of sp³-hybridized carbons (Fsp3) is 0. The van der Waals surface area contributed by atoms with Crippen molar-refractivity contribution in [2.75, 3.05) is 10.9 Å². The molecule has 0 bridgehead atoms. The number of hydrogen-bond donors (Lipinski definition) is 2. The van der Waals surface area contributed by atoms with E-state index in [0.717, 1.165) is 48.6 Å². The maximum Gasteiger partial charge on any atom is 1.00 e. The predicted octanol–water partition coefficient (Wildman–Crippen LogP) is -13.2. The van der Waals surface area contributed by atoms with Gasteiger partial charge in [-0.2, -0.15) is 10.2 Å². The number of rotatable bonds is 10. The van der Waals surface area contributed by atoms with Gasteiger partial charge in [0.2, 0.25) is 0 Å². The van der Waals surface area contributed by atoms with Crippen molar-refractivity contribution in [1.29, 1.82) is 0 Å². The zero-order chi connectivity index (χ0) is 33.8. The number of hydrogen-bond acceptors (Lipinski definition) is 16. The molecule has 0 saturated carbocycles. The van der Waals surface area contributed by atoms with Gasteiger partial charge in [0.1, 0.15) is 20.2 Å². The van der Waals surface area contributed by atoms with Gasteiger partial charge in [0, 0.05) is 11.1 Å². The maximum absolute atomic E-state index is 12.0. The number of carboxylic acids is 2. The summed E-state index contributed by atoms with van der Waals surface area (Å²) in [5.74, 6) is -5.09. The first-order chi connectivity index (χ1) is 21.5. The number of ketones is 2. The van der Waals surface area contributed by atoms with Crippen molar-refractivity contribution in [2.24, 2.45) is 10.2 Å². The fourth-order valence-corrected chi connectivity index (χ4v) is 5.24. The molecule has 0 fully saturated rings. The van der Waals surface area contributed by atoms with Gasteiger partial charge < -0.3 is 28.9 Å². The van der Waals surface area contributed by atoms with Gasteiger partial charge in [-0.1, -0.05) is 24.3 Å². The normalized spacial score (nSPS) is 15.6. The van der Waals surface area contributed by atoms with Gasteiger partial charge in [-0.05, 0) is 71.8 Å². The van der Waals surface area contributed by atoms with Crippen LogP contribution in [0.4, 0.5) is 11.4 Å². The van der Waals surface area contributed by atoms with Crippen LogP contribution >= 0.6 is 0 Å². The first kappa shape index (κ1) is 48.2. The number of carbonyl (C=O) groups is 4. The summed E-state index contributed by atoms with van der Waals surface area (Å²) >= 11 is 0. The Balaban J connectivity index is 0.00000600. The molecule has 0 unspecified atom stereocenters. The summed E-state index contributed by atoms with van der Waals surface area (Å²) in [6.45, 7) is 0. The van der Waals surface area contributed by atoms with Crippen LogP contribution in [0.5, 0.6) is 0 Å². The smallest absolute Gasteiger partial charge is 0.744 e. The molecule has 0 radical (unpaired) electrons. The summed E-state index contributed by atoms with van der Waals surface area (Å²) in [6, 6.07) is 6.70. The Hall–Kier alpha value is -1.82. The van der Waals surface area contributed by atoms with Gasteiger partial charge in [-0.3, -0.25) is 20.4 Å². The van der Waals surface area contributed by atoms with E-state index in [1.807, 2.05) is 0 Å². The number of nitrogens with zero attached hydrogens (tertiary/aromatic N) is 2. The maximum atomic E-state index is 12.0. The molecule has 2 aromatic carbocycles. The number of carbonyl (C=O) groups excluding carboxylic acids is 4. The first-order valence-electron chi connectivity index (χ1n) is 12.4. The van der Waals surface area contributed by atoms with Crippen LogP contribution in [0.1, 0.15) is 11.1 Å². The van der Waals surface area contributed by atoms with E-state index in [1.54, 1.807) is 0 Å². The SMILES string of the molecule is O=C([O-])C1=CC(=NNc2ccc(C=Cc3ccc(NN=C4C=CC(=O)C(C(=O)[O-])=C4)cc3S(=O)(=O)[O-])c(S(=O)(=O)[O-])c2)C=CC1=O.[Na+].[Na+].[Na+].[Na+]. The van der Waals surface area contributed by atoms with Crippen LogP contribution < -0.4 is 139 Å². The van der Waals surface area contributed by atoms with Gasteiger partial charge in [-0.25, -0.2) is 16.8 Å². The third-order valence-electron chi connectivity index (χ3n) is 6.00. The molecule has 2 aliphatic rings. The summed E-state index contributed by atoms with van der Waals surface area (Å²) in [5, 5.41) is 29.8. The first-order valence-corrected chi connectivity index (χ1v) is 15.2. The number of allylic oxidation sites excluding steroid dienone is 6. The molecule has 0 saturated heterocycles. The zero-order valence-corrected chi connectivity index (χ0v) is 36.3. The average molecular weight is 757 g/mol. The standard InChI is InChI=1S/C28H20N4O12S2.4Na/c33-23-9-7-17(11-21(23)27(35)36)29-31-19-5-3-15(25(13-19)45(39,40)41)1-2-16-4-6-20(14-26(16)46(42,43)44)32-30-18-8-10-24(34)22(12-18)28(37)38;;;;/h1-14,31-32H,(H,35,36)(H,37,38)(H,39,40,41)(H,42,43,44);;;;/q;4*+1/p-4. The van der Waals surface area contributed by atoms with Crippen molar-refractivity contribution in [1.82, 2.24) is 0 Å². The van der Waals surface area contributed by atoms with E-state index in [9.17, 15) is 55.3 Å². The molecule has 2 aliphatic carbocycles. The van der Waals surface area contributed by atoms with Crippen molar-refractivity contribution < 1.29 is 174 Å². The van der Waals surface area contributed by atoms with Gasteiger partial charge in [0.05, 0.1) is 44.5 Å². The van der Waals surface area contributed by atoms with E-state index in [-0.39, 0.29) is 152 Å². The van der Waals surface area contributed by atoms with Crippen molar-refractivity contribution in [3.05, 3.63) is 95.1 Å². The molecular formula is C28H16N4Na4O12S2. The number of nitrogens with one attached hydrogen (secondary N) is 2. The van der Waals surface area contributed by atoms with Crippen molar-refractivity contribution >= 4 is 78.7 Å². The Morgan fingerprint density at radius 3 is 1.24 bits per heavy atom. The molecule has 0 spiro atoms. The van der Waals surface area contributed by atoms with Gasteiger partial charge >= 0.3 is 118 Å². The van der Waals surface area contributed by atoms with Gasteiger partial charge in [0.15, 0.2) is 11.6 Å². The molecule has 236 valence electrons. The van der Waals surface area contributed by atoms with E-state index in [4.69, 9.17) is 0 Å². The Bertz CT molecular complexity index is 2010. The third kappa shape index (κ3) is 13.0. The van der Waals surface area contributed by atoms with Gasteiger partial charge in [-0.15, -0.1) is 0 Å². The van der Waals surface area contributed by atoms with Crippen molar-refractivity contribution in [3.63, 3.8) is 0 Å². The number of carboxylic acid groups (broad SMARTS) is 2. The summed E-state index contributed by atoms with van der Waals surface area (Å²) in [7, 11) is -10.3. The Kier molecular flexibility index (Phi) is 19.7. The molecule has 0 atom stereocenters. The molecule has 0 amide bonds. The van der Waals surface area contributed by atoms with Crippen LogP contribution in [0.25, 0.3) is 12.2 Å². The summed E-state index contributed by atoms with van der Waals surface area (Å²) in [4.78, 5) is 43.7. The van der Waals surface area contributed by atoms with E-state index in [2.05, 4.69) is 21.1 Å². The quantitative estimate of drug-likeness (QED) is 0.0569. The molecule has 2 N–H and O–H groups in total. The second-order valence-corrected chi connectivity index (χ2v) is 11.8. The second kappa shape index (κ2) is 20.4. The zero-order valence-electron chi connectivity index (χ0n) is 26.7. The molecule has 0 aliphatic heterocycles. The van der Waals surface area contributed by atoms with E-state index in [0.29, 0.717) is 0 Å². The molecule has 2 aromatic rings. The monoisotopic (exact) mass is 756 g/mol.